The number of fused-ring (bicyclic) bond motifs is 3. The predicted octanol–water partition coefficient (Wildman–Crippen LogP) is 9.30. The van der Waals surface area contributed by atoms with Crippen molar-refractivity contribution in [3.05, 3.63) is 34.9 Å². The molecule has 0 heterocycles. The van der Waals surface area contributed by atoms with Crippen LogP contribution in [0.15, 0.2) is 34.9 Å². The third-order valence-corrected chi connectivity index (χ3v) is 10.3. The highest BCUT2D eigenvalue weighted by Gasteiger charge is 2.60. The van der Waals surface area contributed by atoms with Crippen molar-refractivity contribution in [1.82, 2.24) is 0 Å². The zero-order chi connectivity index (χ0) is 23.6. The van der Waals surface area contributed by atoms with Gasteiger partial charge in [0.25, 0.3) is 0 Å². The van der Waals surface area contributed by atoms with Crippen LogP contribution in [0.3, 0.4) is 0 Å². The zero-order valence-electron chi connectivity index (χ0n) is 22.7. The van der Waals surface area contributed by atoms with E-state index in [0.717, 1.165) is 37.2 Å². The molecule has 5 atom stereocenters. The van der Waals surface area contributed by atoms with E-state index in [9.17, 15) is 0 Å². The fraction of sp³-hybridized carbons (Fsp3) is 0.806. The Labute approximate surface area is 200 Å². The summed E-state index contributed by atoms with van der Waals surface area (Å²) < 4.78 is 5.16. The van der Waals surface area contributed by atoms with Crippen molar-refractivity contribution in [2.24, 2.45) is 34.0 Å². The van der Waals surface area contributed by atoms with Crippen molar-refractivity contribution in [2.45, 2.75) is 113 Å². The highest BCUT2D eigenvalue weighted by atomic mass is 16.5. The van der Waals surface area contributed by atoms with E-state index in [4.69, 9.17) is 4.74 Å². The molecule has 182 valence electrons. The second kappa shape index (κ2) is 10.2. The molecule has 3 aliphatic rings. The Morgan fingerprint density at radius 1 is 0.969 bits per heavy atom. The Balaban J connectivity index is 1.68. The molecule has 3 aliphatic carbocycles. The molecule has 1 heteroatoms. The van der Waals surface area contributed by atoms with E-state index in [1.807, 2.05) is 0 Å². The number of methoxy groups -OCH3 is 1. The summed E-state index contributed by atoms with van der Waals surface area (Å²) in [6.07, 6.45) is 20.8. The maximum absolute atomic E-state index is 5.16. The molecule has 2 fully saturated rings. The number of allylic oxidation sites excluding steroid dienone is 5. The lowest BCUT2D eigenvalue weighted by Gasteiger charge is -2.65. The van der Waals surface area contributed by atoms with Crippen LogP contribution in [0.4, 0.5) is 0 Å². The van der Waals surface area contributed by atoms with Crippen LogP contribution in [0.2, 0.25) is 0 Å². The van der Waals surface area contributed by atoms with E-state index in [0.29, 0.717) is 16.2 Å². The molecule has 0 amide bonds. The first-order chi connectivity index (χ1) is 15.0. The van der Waals surface area contributed by atoms with Crippen LogP contribution in [0.5, 0.6) is 0 Å². The molecule has 0 aromatic rings. The fourth-order valence-corrected chi connectivity index (χ4v) is 8.51. The van der Waals surface area contributed by atoms with Crippen LogP contribution in [0.1, 0.15) is 113 Å². The van der Waals surface area contributed by atoms with Gasteiger partial charge in [0.15, 0.2) is 0 Å². The second-order valence-electron chi connectivity index (χ2n) is 12.9. The van der Waals surface area contributed by atoms with Crippen molar-refractivity contribution < 1.29 is 4.74 Å². The number of ether oxygens (including phenoxy) is 1. The van der Waals surface area contributed by atoms with Crippen molar-refractivity contribution in [3.63, 3.8) is 0 Å². The van der Waals surface area contributed by atoms with Gasteiger partial charge in [0.2, 0.25) is 0 Å². The van der Waals surface area contributed by atoms with Crippen molar-refractivity contribution in [2.75, 3.05) is 13.7 Å². The molecule has 0 unspecified atom stereocenters. The molecule has 0 aromatic heterocycles. The molecule has 0 saturated heterocycles. The van der Waals surface area contributed by atoms with E-state index < -0.39 is 0 Å². The molecule has 0 bridgehead atoms. The molecule has 0 aromatic carbocycles. The number of hydrogen-bond donors (Lipinski definition) is 0. The van der Waals surface area contributed by atoms with Crippen LogP contribution >= 0.6 is 0 Å². The van der Waals surface area contributed by atoms with Gasteiger partial charge < -0.3 is 4.74 Å². The van der Waals surface area contributed by atoms with Gasteiger partial charge >= 0.3 is 0 Å². The monoisotopic (exact) mass is 440 g/mol. The molecule has 1 nitrogen and oxygen atoms in total. The average Bonchev–Trinajstić information content (AvgIpc) is 2.70. The molecule has 0 aliphatic heterocycles. The van der Waals surface area contributed by atoms with E-state index >= 15 is 0 Å². The van der Waals surface area contributed by atoms with E-state index in [1.54, 1.807) is 18.3 Å². The maximum atomic E-state index is 5.16. The first-order valence-corrected chi connectivity index (χ1v) is 13.5. The van der Waals surface area contributed by atoms with Crippen molar-refractivity contribution in [1.29, 1.82) is 0 Å². The summed E-state index contributed by atoms with van der Waals surface area (Å²) in [7, 11) is 1.77. The van der Waals surface area contributed by atoms with Crippen molar-refractivity contribution in [3.8, 4) is 0 Å². The summed E-state index contributed by atoms with van der Waals surface area (Å²) in [6.45, 7) is 18.3. The summed E-state index contributed by atoms with van der Waals surface area (Å²) >= 11 is 0. The second-order valence-corrected chi connectivity index (χ2v) is 12.9. The van der Waals surface area contributed by atoms with Crippen LogP contribution in [0, 0.1) is 34.0 Å². The molecule has 0 N–H and O–H groups in total. The standard InChI is InChI=1S/C31H52O/c1-23(11-9-12-24(2)18-22-32-8)13-15-26-25(3)14-16-28-30(26,6)21-17-27-29(4,5)19-10-20-31(27,28)7/h11,14,18,26-28H,9-10,12-13,15-17,19-22H2,1-8H3/b23-11+,24-18+/t26-,27+,28+,30+,31+/m0/s1. The van der Waals surface area contributed by atoms with Gasteiger partial charge in [-0.2, -0.15) is 0 Å². The average molecular weight is 441 g/mol. The quantitative estimate of drug-likeness (QED) is 0.342. The van der Waals surface area contributed by atoms with Crippen molar-refractivity contribution >= 4 is 0 Å². The van der Waals surface area contributed by atoms with Crippen LogP contribution in [-0.2, 0) is 4.74 Å². The predicted molar refractivity (Wildman–Crippen MR) is 140 cm³/mol. The highest BCUT2D eigenvalue weighted by Crippen LogP contribution is 2.68. The van der Waals surface area contributed by atoms with Gasteiger partial charge in [-0.1, -0.05) is 69.1 Å². The molecule has 0 radical (unpaired) electrons. The minimum Gasteiger partial charge on any atom is -0.381 e. The van der Waals surface area contributed by atoms with Gasteiger partial charge in [0.05, 0.1) is 6.61 Å². The Morgan fingerprint density at radius 2 is 1.69 bits per heavy atom. The lowest BCUT2D eigenvalue weighted by Crippen LogP contribution is -2.57. The largest absolute Gasteiger partial charge is 0.381 e. The smallest absolute Gasteiger partial charge is 0.0646 e. The van der Waals surface area contributed by atoms with Gasteiger partial charge in [-0.3, -0.25) is 0 Å². The summed E-state index contributed by atoms with van der Waals surface area (Å²) in [5, 5.41) is 0. The van der Waals surface area contributed by atoms with Gasteiger partial charge in [0, 0.05) is 7.11 Å². The topological polar surface area (TPSA) is 9.23 Å². The first kappa shape index (κ1) is 25.8. The fourth-order valence-electron chi connectivity index (χ4n) is 8.51. The van der Waals surface area contributed by atoms with Crippen LogP contribution in [-0.4, -0.2) is 13.7 Å². The lowest BCUT2D eigenvalue weighted by atomic mass is 9.39. The van der Waals surface area contributed by atoms with Gasteiger partial charge in [-0.25, -0.2) is 0 Å². The molecule has 32 heavy (non-hydrogen) atoms. The van der Waals surface area contributed by atoms with Crippen LogP contribution in [0.25, 0.3) is 0 Å². The van der Waals surface area contributed by atoms with Gasteiger partial charge in [0.1, 0.15) is 0 Å². The SMILES string of the molecule is COC/C=C(\C)CC/C=C(\C)CC[C@H]1C(C)=CC[C@H]2[C@]3(C)CCCC(C)(C)[C@H]3CC[C@@]21C. The van der Waals surface area contributed by atoms with Gasteiger partial charge in [-0.15, -0.1) is 0 Å². The summed E-state index contributed by atoms with van der Waals surface area (Å²) in [5.41, 5.74) is 6.25. The molecular formula is C31H52O. The first-order valence-electron chi connectivity index (χ1n) is 13.5. The minimum atomic E-state index is 0.483. The van der Waals surface area contributed by atoms with E-state index in [-0.39, 0.29) is 0 Å². The Hall–Kier alpha value is -0.820. The molecule has 0 spiro atoms. The summed E-state index contributed by atoms with van der Waals surface area (Å²) in [5.74, 6) is 2.53. The minimum absolute atomic E-state index is 0.483. The third-order valence-electron chi connectivity index (χ3n) is 10.3. The highest BCUT2D eigenvalue weighted by molar-refractivity contribution is 5.21. The summed E-state index contributed by atoms with van der Waals surface area (Å²) in [4.78, 5) is 0. The third kappa shape index (κ3) is 5.13. The number of rotatable bonds is 8. The lowest BCUT2D eigenvalue weighted by molar-refractivity contribution is -0.145. The summed E-state index contributed by atoms with van der Waals surface area (Å²) in [6, 6.07) is 0. The molecule has 2 saturated carbocycles. The normalized spacial score (nSPS) is 37.5. The van der Waals surface area contributed by atoms with E-state index in [2.05, 4.69) is 66.7 Å². The number of hydrogen-bond acceptors (Lipinski definition) is 1. The van der Waals surface area contributed by atoms with Crippen LogP contribution < -0.4 is 0 Å². The van der Waals surface area contributed by atoms with Gasteiger partial charge in [-0.05, 0) is 113 Å². The zero-order valence-corrected chi connectivity index (χ0v) is 22.7. The molecule has 3 rings (SSSR count). The molecular weight excluding hydrogens is 388 g/mol. The Bertz CT molecular complexity index is 738. The Kier molecular flexibility index (Phi) is 8.23. The Morgan fingerprint density at radius 3 is 2.41 bits per heavy atom. The van der Waals surface area contributed by atoms with E-state index in [1.165, 1.54) is 56.9 Å². The maximum Gasteiger partial charge on any atom is 0.0646 e.